The van der Waals surface area contributed by atoms with Crippen LogP contribution in [0.5, 0.6) is 0 Å². The molecule has 0 aliphatic carbocycles. The number of rotatable bonds is 11. The second kappa shape index (κ2) is 12.5. The lowest BCUT2D eigenvalue weighted by Gasteiger charge is -2.30. The third-order valence-corrected chi connectivity index (χ3v) is 4.47. The van der Waals surface area contributed by atoms with Crippen LogP contribution >= 0.6 is 0 Å². The molecule has 4 N–H and O–H groups in total. The van der Waals surface area contributed by atoms with Crippen LogP contribution in [0.3, 0.4) is 0 Å². The van der Waals surface area contributed by atoms with E-state index in [-0.39, 0.29) is 13.2 Å². The molecule has 29 heavy (non-hydrogen) atoms. The molecule has 1 aromatic rings. The van der Waals surface area contributed by atoms with Crippen LogP contribution in [0.15, 0.2) is 42.3 Å². The first-order valence-electron chi connectivity index (χ1n) is 9.97. The van der Waals surface area contributed by atoms with Crippen molar-refractivity contribution in [2.45, 2.75) is 51.4 Å². The first kappa shape index (κ1) is 23.2. The third kappa shape index (κ3) is 8.45. The summed E-state index contributed by atoms with van der Waals surface area (Å²) >= 11 is 0. The van der Waals surface area contributed by atoms with Crippen molar-refractivity contribution in [1.82, 2.24) is 10.5 Å². The number of nitrogens with one attached hydrogen (secondary N) is 2. The summed E-state index contributed by atoms with van der Waals surface area (Å²) in [6.45, 7) is 4.53. The molecule has 9 heteroatoms. The van der Waals surface area contributed by atoms with Crippen LogP contribution < -0.4 is 10.5 Å². The zero-order valence-corrected chi connectivity index (χ0v) is 17.0. The Bertz CT molecular complexity index is 635. The summed E-state index contributed by atoms with van der Waals surface area (Å²) in [4.78, 5) is 12.6. The van der Waals surface area contributed by atoms with Crippen LogP contribution in [0.4, 0.5) is 0 Å². The molecule has 1 fully saturated rings. The van der Waals surface area contributed by atoms with E-state index in [9.17, 15) is 9.82 Å². The van der Waals surface area contributed by atoms with Gasteiger partial charge in [0.2, 0.25) is 0 Å². The van der Waals surface area contributed by atoms with Gasteiger partial charge in [0.15, 0.2) is 6.29 Å². The van der Waals surface area contributed by atoms with Gasteiger partial charge < -0.3 is 34.9 Å². The van der Waals surface area contributed by atoms with Crippen molar-refractivity contribution < 1.29 is 29.1 Å². The van der Waals surface area contributed by atoms with E-state index < -0.39 is 31.5 Å². The monoisotopic (exact) mass is 406 g/mol. The van der Waals surface area contributed by atoms with Crippen LogP contribution in [0, 0.1) is 0 Å². The van der Waals surface area contributed by atoms with Crippen molar-refractivity contribution in [1.29, 1.82) is 0 Å². The zero-order valence-electron chi connectivity index (χ0n) is 17.0. The number of hydrogen-bond donors (Lipinski definition) is 4. The lowest BCUT2D eigenvalue weighted by molar-refractivity contribution is -0.230. The molecule has 0 saturated carbocycles. The molecule has 0 bridgehead atoms. The van der Waals surface area contributed by atoms with Gasteiger partial charge in [-0.15, -0.1) is 0 Å². The first-order chi connectivity index (χ1) is 14.0. The zero-order chi connectivity index (χ0) is 21.1. The number of esters is 1. The Morgan fingerprint density at radius 2 is 2.00 bits per heavy atom. The Labute approximate surface area is 172 Å². The van der Waals surface area contributed by atoms with Crippen molar-refractivity contribution in [3.05, 3.63) is 47.9 Å². The maximum atomic E-state index is 12.6. The fourth-order valence-corrected chi connectivity index (χ4v) is 2.97. The number of benzene rings is 1. The molecule has 8 nitrogen and oxygen atoms in total. The third-order valence-electron chi connectivity index (χ3n) is 4.47. The van der Waals surface area contributed by atoms with E-state index >= 15 is 0 Å². The molecular weight excluding hydrogens is 375 g/mol. The Morgan fingerprint density at radius 3 is 2.62 bits per heavy atom. The fraction of sp³-hybridized carbons (Fsp3) is 0.550. The molecule has 1 aromatic carbocycles. The molecule has 1 heterocycles. The average molecular weight is 406 g/mol. The van der Waals surface area contributed by atoms with Gasteiger partial charge in [0.1, 0.15) is 6.10 Å². The Kier molecular flexibility index (Phi) is 10.00. The van der Waals surface area contributed by atoms with Gasteiger partial charge in [-0.05, 0) is 33.0 Å². The van der Waals surface area contributed by atoms with Gasteiger partial charge >= 0.3 is 13.0 Å². The Balaban J connectivity index is 1.75. The van der Waals surface area contributed by atoms with E-state index in [2.05, 4.69) is 10.5 Å². The molecule has 0 radical (unpaired) electrons. The van der Waals surface area contributed by atoms with Crippen molar-refractivity contribution in [2.75, 3.05) is 19.8 Å². The highest BCUT2D eigenvalue weighted by Gasteiger charge is 2.29. The Morgan fingerprint density at radius 1 is 1.31 bits per heavy atom. The van der Waals surface area contributed by atoms with E-state index in [0.29, 0.717) is 18.7 Å². The number of aliphatic hydroxyl groups is 1. The summed E-state index contributed by atoms with van der Waals surface area (Å²) in [5.74, 6) is -0.430. The average Bonchev–Trinajstić information content (AvgIpc) is 2.73. The van der Waals surface area contributed by atoms with E-state index in [1.165, 1.54) is 0 Å². The van der Waals surface area contributed by atoms with Crippen LogP contribution in [-0.2, 0) is 19.0 Å². The number of ether oxygens (including phenoxy) is 3. The summed E-state index contributed by atoms with van der Waals surface area (Å²) in [6.07, 6.45) is 2.16. The van der Waals surface area contributed by atoms with E-state index in [0.717, 1.165) is 24.7 Å². The largest absolute Gasteiger partial charge is 0.514 e. The summed E-state index contributed by atoms with van der Waals surface area (Å²) in [7, 11) is -0.827. The van der Waals surface area contributed by atoms with Crippen molar-refractivity contribution in [2.24, 2.45) is 0 Å². The molecule has 2 rings (SSSR count). The molecular formula is C20H31BN2O6. The van der Waals surface area contributed by atoms with Crippen LogP contribution in [0.25, 0.3) is 0 Å². The summed E-state index contributed by atoms with van der Waals surface area (Å²) in [5.41, 5.74) is 1.61. The van der Waals surface area contributed by atoms with E-state index in [4.69, 9.17) is 19.3 Å². The molecule has 0 spiro atoms. The lowest BCUT2D eigenvalue weighted by atomic mass is 9.86. The van der Waals surface area contributed by atoms with Gasteiger partial charge in [0.25, 0.3) is 0 Å². The smallest absolute Gasteiger partial charge is 0.374 e. The minimum atomic E-state index is -0.827. The first-order valence-corrected chi connectivity index (χ1v) is 9.97. The maximum Gasteiger partial charge on any atom is 0.374 e. The highest BCUT2D eigenvalue weighted by molar-refractivity contribution is 6.46. The summed E-state index contributed by atoms with van der Waals surface area (Å²) in [5, 5.41) is 24.4. The standard InChI is InChI=1S/C20H31BN2O6/c1-15(12-24)22-11-7-6-10-18(23-21(2)26)19(25)29-17-13-27-20(28-14-17)16-8-4-3-5-9-16/h3-5,8-9,12,17-18,20,22-24,26H,6-7,10-11,13-14H2,1-2H3/b15-12-/t17?,18-,20?/m0/s1. The number of aliphatic hydroxyl groups excluding tert-OH is 1. The molecule has 0 unspecified atom stereocenters. The van der Waals surface area contributed by atoms with E-state index in [1.807, 2.05) is 30.3 Å². The highest BCUT2D eigenvalue weighted by atomic mass is 16.7. The van der Waals surface area contributed by atoms with Gasteiger partial charge in [-0.3, -0.25) is 4.79 Å². The summed E-state index contributed by atoms with van der Waals surface area (Å²) in [6, 6.07) is 8.98. The highest BCUT2D eigenvalue weighted by Crippen LogP contribution is 2.23. The van der Waals surface area contributed by atoms with E-state index in [1.54, 1.807) is 13.7 Å². The van der Waals surface area contributed by atoms with Gasteiger partial charge in [-0.2, -0.15) is 0 Å². The number of carbonyl (C=O) groups excluding carboxylic acids is 1. The maximum absolute atomic E-state index is 12.6. The molecule has 1 aliphatic heterocycles. The van der Waals surface area contributed by atoms with Gasteiger partial charge in [0.05, 0.1) is 25.5 Å². The van der Waals surface area contributed by atoms with Gasteiger partial charge in [-0.1, -0.05) is 30.3 Å². The van der Waals surface area contributed by atoms with Crippen LogP contribution in [0.1, 0.15) is 38.0 Å². The predicted molar refractivity (Wildman–Crippen MR) is 110 cm³/mol. The second-order valence-corrected chi connectivity index (χ2v) is 7.10. The molecule has 1 saturated heterocycles. The Hall–Kier alpha value is -2.07. The molecule has 0 amide bonds. The van der Waals surface area contributed by atoms with Crippen molar-refractivity contribution in [3.8, 4) is 0 Å². The number of hydrogen-bond acceptors (Lipinski definition) is 8. The van der Waals surface area contributed by atoms with Gasteiger partial charge in [0, 0.05) is 17.8 Å². The lowest BCUT2D eigenvalue weighted by Crippen LogP contribution is -2.48. The number of unbranched alkanes of at least 4 members (excludes halogenated alkanes) is 1. The molecule has 1 atom stereocenters. The second-order valence-electron chi connectivity index (χ2n) is 7.10. The topological polar surface area (TPSA) is 109 Å². The SMILES string of the molecule is CB(O)N[C@@H](CCCCN/C(C)=C\O)C(=O)OC1COC(c2ccccc2)OC1. The fourth-order valence-electron chi connectivity index (χ4n) is 2.97. The molecule has 0 aromatic heterocycles. The summed E-state index contributed by atoms with van der Waals surface area (Å²) < 4.78 is 16.9. The minimum absolute atomic E-state index is 0.253. The van der Waals surface area contributed by atoms with Crippen molar-refractivity contribution in [3.63, 3.8) is 0 Å². The minimum Gasteiger partial charge on any atom is -0.514 e. The van der Waals surface area contributed by atoms with Crippen LogP contribution in [0.2, 0.25) is 6.82 Å². The number of allylic oxidation sites excluding steroid dienone is 1. The quantitative estimate of drug-likeness (QED) is 0.191. The van der Waals surface area contributed by atoms with Crippen LogP contribution in [-0.4, -0.2) is 55.1 Å². The predicted octanol–water partition coefficient (Wildman–Crippen LogP) is 1.89. The number of carbonyl (C=O) groups is 1. The van der Waals surface area contributed by atoms with Gasteiger partial charge in [-0.25, -0.2) is 0 Å². The molecule has 160 valence electrons. The molecule has 1 aliphatic rings. The van der Waals surface area contributed by atoms with Crippen molar-refractivity contribution >= 4 is 13.0 Å². The normalized spacial score (nSPS) is 20.7.